The number of carboxylic acid groups (broad SMARTS) is 1. The highest BCUT2D eigenvalue weighted by atomic mass is 32.1. The van der Waals surface area contributed by atoms with E-state index in [2.05, 4.69) is 11.4 Å². The van der Waals surface area contributed by atoms with Crippen molar-refractivity contribution < 1.29 is 19.5 Å². The Morgan fingerprint density at radius 1 is 1.17 bits per heavy atom. The van der Waals surface area contributed by atoms with Crippen molar-refractivity contribution in [3.63, 3.8) is 0 Å². The van der Waals surface area contributed by atoms with Gasteiger partial charge in [0.25, 0.3) is 0 Å². The zero-order valence-electron chi connectivity index (χ0n) is 12.9. The number of likely N-dealkylation sites (tertiary alicyclic amines) is 1. The zero-order valence-corrected chi connectivity index (χ0v) is 13.7. The van der Waals surface area contributed by atoms with Gasteiger partial charge >= 0.3 is 5.97 Å². The van der Waals surface area contributed by atoms with E-state index in [1.54, 1.807) is 16.2 Å². The van der Waals surface area contributed by atoms with Crippen LogP contribution in [-0.2, 0) is 27.3 Å². The maximum absolute atomic E-state index is 12.3. The first-order chi connectivity index (χ1) is 11.0. The third-order valence-electron chi connectivity index (χ3n) is 4.60. The molecular weight excluding hydrogens is 316 g/mol. The second kappa shape index (κ2) is 6.70. The Bertz CT molecular complexity index is 627. The lowest BCUT2D eigenvalue weighted by molar-refractivity contribution is -0.142. The quantitative estimate of drug-likeness (QED) is 0.900. The van der Waals surface area contributed by atoms with Gasteiger partial charge in [-0.1, -0.05) is 0 Å². The molecular formula is C16H20N2O4S. The van der Waals surface area contributed by atoms with Crippen LogP contribution in [0.5, 0.6) is 0 Å². The van der Waals surface area contributed by atoms with Crippen molar-refractivity contribution in [2.75, 3.05) is 19.6 Å². The van der Waals surface area contributed by atoms with Crippen LogP contribution in [0.3, 0.4) is 0 Å². The molecule has 0 bridgehead atoms. The monoisotopic (exact) mass is 336 g/mol. The number of carboxylic acids is 1. The van der Waals surface area contributed by atoms with E-state index in [0.717, 1.165) is 6.42 Å². The van der Waals surface area contributed by atoms with E-state index in [4.69, 9.17) is 5.11 Å². The first-order valence-electron chi connectivity index (χ1n) is 7.88. The van der Waals surface area contributed by atoms with Gasteiger partial charge in [-0.25, -0.2) is 0 Å². The minimum Gasteiger partial charge on any atom is -0.481 e. The van der Waals surface area contributed by atoms with E-state index in [1.165, 1.54) is 10.4 Å². The standard InChI is InChI=1S/C16H20N2O4S/c19-14(17-6-3-12(10-17)16(21)22)1-2-15(20)18-7-4-13-11(9-18)5-8-23-13/h5,8,12H,1-4,6-7,9-10H2,(H,21,22). The van der Waals surface area contributed by atoms with Crippen LogP contribution in [0.15, 0.2) is 11.4 Å². The fraction of sp³-hybridized carbons (Fsp3) is 0.562. The number of hydrogen-bond donors (Lipinski definition) is 1. The Balaban J connectivity index is 1.46. The van der Waals surface area contributed by atoms with Crippen molar-refractivity contribution >= 4 is 29.1 Å². The Labute approximate surface area is 138 Å². The van der Waals surface area contributed by atoms with Crippen LogP contribution in [0.1, 0.15) is 29.7 Å². The normalized spacial score (nSPS) is 20.4. The molecule has 7 heteroatoms. The molecule has 2 amide bonds. The van der Waals surface area contributed by atoms with Gasteiger partial charge in [0.05, 0.1) is 5.92 Å². The summed E-state index contributed by atoms with van der Waals surface area (Å²) in [5.41, 5.74) is 1.21. The molecule has 2 aliphatic heterocycles. The van der Waals surface area contributed by atoms with Gasteiger partial charge in [-0.15, -0.1) is 11.3 Å². The molecule has 1 fully saturated rings. The molecule has 1 atom stereocenters. The molecule has 0 saturated carbocycles. The number of amides is 2. The highest BCUT2D eigenvalue weighted by Gasteiger charge is 2.31. The lowest BCUT2D eigenvalue weighted by Gasteiger charge is -2.27. The average molecular weight is 336 g/mol. The highest BCUT2D eigenvalue weighted by molar-refractivity contribution is 7.10. The smallest absolute Gasteiger partial charge is 0.308 e. The molecule has 0 aromatic carbocycles. The number of carbonyl (C=O) groups excluding carboxylic acids is 2. The van der Waals surface area contributed by atoms with Crippen molar-refractivity contribution in [2.45, 2.75) is 32.2 Å². The Hall–Kier alpha value is -1.89. The van der Waals surface area contributed by atoms with Crippen molar-refractivity contribution in [1.29, 1.82) is 0 Å². The first kappa shape index (κ1) is 16.0. The van der Waals surface area contributed by atoms with Gasteiger partial charge in [0.15, 0.2) is 0 Å². The molecule has 23 heavy (non-hydrogen) atoms. The summed E-state index contributed by atoms with van der Waals surface area (Å²) in [5.74, 6) is -1.43. The summed E-state index contributed by atoms with van der Waals surface area (Å²) in [6.45, 7) is 2.10. The van der Waals surface area contributed by atoms with Gasteiger partial charge in [0, 0.05) is 43.9 Å². The van der Waals surface area contributed by atoms with E-state index in [9.17, 15) is 14.4 Å². The molecule has 0 spiro atoms. The molecule has 1 unspecified atom stereocenters. The first-order valence-corrected chi connectivity index (χ1v) is 8.76. The summed E-state index contributed by atoms with van der Waals surface area (Å²) in [6, 6.07) is 2.06. The van der Waals surface area contributed by atoms with E-state index in [0.29, 0.717) is 26.1 Å². The van der Waals surface area contributed by atoms with Crippen molar-refractivity contribution in [2.24, 2.45) is 5.92 Å². The number of nitrogens with zero attached hydrogens (tertiary/aromatic N) is 2. The van der Waals surface area contributed by atoms with Crippen molar-refractivity contribution in [1.82, 2.24) is 9.80 Å². The molecule has 3 rings (SSSR count). The largest absolute Gasteiger partial charge is 0.481 e. The molecule has 1 N–H and O–H groups in total. The Morgan fingerprint density at radius 3 is 2.61 bits per heavy atom. The fourth-order valence-corrected chi connectivity index (χ4v) is 4.07. The second-order valence-electron chi connectivity index (χ2n) is 6.10. The van der Waals surface area contributed by atoms with Crippen LogP contribution < -0.4 is 0 Å². The zero-order chi connectivity index (χ0) is 16.4. The molecule has 0 radical (unpaired) electrons. The van der Waals surface area contributed by atoms with Crippen molar-refractivity contribution in [3.05, 3.63) is 21.9 Å². The summed E-state index contributed by atoms with van der Waals surface area (Å²) in [6.07, 6.45) is 1.76. The van der Waals surface area contributed by atoms with Gasteiger partial charge in [0.1, 0.15) is 0 Å². The summed E-state index contributed by atoms with van der Waals surface area (Å²) >= 11 is 1.73. The van der Waals surface area contributed by atoms with Crippen LogP contribution in [0.2, 0.25) is 0 Å². The van der Waals surface area contributed by atoms with Gasteiger partial charge in [-0.3, -0.25) is 14.4 Å². The third-order valence-corrected chi connectivity index (χ3v) is 5.63. The van der Waals surface area contributed by atoms with Crippen LogP contribution in [0.25, 0.3) is 0 Å². The molecule has 1 saturated heterocycles. The van der Waals surface area contributed by atoms with E-state index < -0.39 is 11.9 Å². The number of carbonyl (C=O) groups is 3. The maximum Gasteiger partial charge on any atom is 0.308 e. The van der Waals surface area contributed by atoms with Gasteiger partial charge in [-0.2, -0.15) is 0 Å². The van der Waals surface area contributed by atoms with E-state index in [-0.39, 0.29) is 31.2 Å². The SMILES string of the molecule is O=C(O)C1CCN(C(=O)CCC(=O)N2CCc3sccc3C2)C1. The number of rotatable bonds is 4. The van der Waals surface area contributed by atoms with Gasteiger partial charge < -0.3 is 14.9 Å². The minimum absolute atomic E-state index is 0.00387. The third kappa shape index (κ3) is 3.55. The van der Waals surface area contributed by atoms with E-state index >= 15 is 0 Å². The lowest BCUT2D eigenvalue weighted by atomic mass is 10.1. The molecule has 0 aliphatic carbocycles. The number of thiophene rings is 1. The Morgan fingerprint density at radius 2 is 1.91 bits per heavy atom. The van der Waals surface area contributed by atoms with Crippen LogP contribution in [0, 0.1) is 5.92 Å². The average Bonchev–Trinajstić information content (AvgIpc) is 3.20. The molecule has 1 aromatic rings. The summed E-state index contributed by atoms with van der Waals surface area (Å²) in [7, 11) is 0. The minimum atomic E-state index is -0.851. The number of hydrogen-bond acceptors (Lipinski definition) is 4. The molecule has 6 nitrogen and oxygen atoms in total. The maximum atomic E-state index is 12.3. The van der Waals surface area contributed by atoms with Crippen LogP contribution in [0.4, 0.5) is 0 Å². The predicted molar refractivity (Wildman–Crippen MR) is 85.0 cm³/mol. The predicted octanol–water partition coefficient (Wildman–Crippen LogP) is 1.35. The number of aliphatic carboxylic acids is 1. The van der Waals surface area contributed by atoms with E-state index in [1.807, 2.05) is 4.90 Å². The van der Waals surface area contributed by atoms with Crippen LogP contribution >= 0.6 is 11.3 Å². The summed E-state index contributed by atoms with van der Waals surface area (Å²) in [4.78, 5) is 40.1. The fourth-order valence-electron chi connectivity index (χ4n) is 3.18. The van der Waals surface area contributed by atoms with Crippen LogP contribution in [-0.4, -0.2) is 52.3 Å². The topological polar surface area (TPSA) is 77.9 Å². The highest BCUT2D eigenvalue weighted by Crippen LogP contribution is 2.24. The number of fused-ring (bicyclic) bond motifs is 1. The second-order valence-corrected chi connectivity index (χ2v) is 7.10. The Kier molecular flexibility index (Phi) is 4.66. The van der Waals surface area contributed by atoms with Gasteiger partial charge in [0.2, 0.25) is 11.8 Å². The summed E-state index contributed by atoms with van der Waals surface area (Å²) in [5, 5.41) is 11.0. The summed E-state index contributed by atoms with van der Waals surface area (Å²) < 4.78 is 0. The molecule has 2 aliphatic rings. The molecule has 1 aromatic heterocycles. The molecule has 3 heterocycles. The molecule has 124 valence electrons. The van der Waals surface area contributed by atoms with Crippen molar-refractivity contribution in [3.8, 4) is 0 Å². The lowest BCUT2D eigenvalue weighted by Crippen LogP contribution is -2.36. The van der Waals surface area contributed by atoms with Gasteiger partial charge in [-0.05, 0) is 29.9 Å².